The molecule has 2 aromatic carbocycles. The number of halogens is 2. The van der Waals surface area contributed by atoms with Crippen LogP contribution in [0.5, 0.6) is 0 Å². The average Bonchev–Trinajstić information content (AvgIpc) is 2.81. The number of nitrogens with zero attached hydrogens (tertiary/aromatic N) is 2. The van der Waals surface area contributed by atoms with Crippen molar-refractivity contribution in [2.45, 2.75) is 23.8 Å². The first kappa shape index (κ1) is 23.3. The number of piperidine rings is 1. The number of benzene rings is 2. The average molecular weight is 563 g/mol. The summed E-state index contributed by atoms with van der Waals surface area (Å²) in [4.78, 5) is 25.0. The lowest BCUT2D eigenvalue weighted by Gasteiger charge is -2.42. The van der Waals surface area contributed by atoms with E-state index >= 15 is 0 Å². The van der Waals surface area contributed by atoms with E-state index in [2.05, 4.69) is 21.2 Å². The van der Waals surface area contributed by atoms with Crippen molar-refractivity contribution in [3.8, 4) is 0 Å². The van der Waals surface area contributed by atoms with E-state index in [1.807, 2.05) is 6.07 Å². The molecule has 2 aliphatic rings. The minimum Gasteiger partial charge on any atom is -0.322 e. The lowest BCUT2D eigenvalue weighted by Crippen LogP contribution is -2.48. The standard InChI is InChI=1S/C24H21BrClN3O4S/c25-17-4-9-21(26)20(11-17)24(31)27-18-5-7-19(8-6-18)34(32,33)28-12-15-10-16(14-28)22-2-1-3-23(30)29(22)13-15/h1-9,11,15-16H,10,12-14H2,(H,27,31). The first-order valence-corrected chi connectivity index (χ1v) is 13.4. The van der Waals surface area contributed by atoms with Gasteiger partial charge in [0.05, 0.1) is 15.5 Å². The van der Waals surface area contributed by atoms with E-state index < -0.39 is 10.0 Å². The van der Waals surface area contributed by atoms with Crippen molar-refractivity contribution in [3.05, 3.63) is 91.8 Å². The summed E-state index contributed by atoms with van der Waals surface area (Å²) >= 11 is 9.45. The molecule has 0 spiro atoms. The second-order valence-corrected chi connectivity index (χ2v) is 11.9. The van der Waals surface area contributed by atoms with Gasteiger partial charge in [-0.2, -0.15) is 4.31 Å². The molecule has 1 fully saturated rings. The third-order valence-corrected chi connectivity index (χ3v) is 9.04. The van der Waals surface area contributed by atoms with Crippen molar-refractivity contribution < 1.29 is 13.2 Å². The van der Waals surface area contributed by atoms with Crippen molar-refractivity contribution in [2.24, 2.45) is 5.92 Å². The van der Waals surface area contributed by atoms with E-state index in [1.54, 1.807) is 47.0 Å². The normalized spacial score (nSPS) is 19.9. The van der Waals surface area contributed by atoms with Crippen molar-refractivity contribution in [3.63, 3.8) is 0 Å². The Bertz CT molecular complexity index is 1440. The Morgan fingerprint density at radius 1 is 1.03 bits per heavy atom. The maximum absolute atomic E-state index is 13.4. The van der Waals surface area contributed by atoms with E-state index in [9.17, 15) is 18.0 Å². The molecule has 5 rings (SSSR count). The molecule has 7 nitrogen and oxygen atoms in total. The lowest BCUT2D eigenvalue weighted by atomic mass is 9.84. The first-order valence-electron chi connectivity index (χ1n) is 10.8. The Morgan fingerprint density at radius 2 is 1.79 bits per heavy atom. The third-order valence-electron chi connectivity index (χ3n) is 6.37. The largest absolute Gasteiger partial charge is 0.322 e. The summed E-state index contributed by atoms with van der Waals surface area (Å²) in [7, 11) is -3.72. The van der Waals surface area contributed by atoms with Gasteiger partial charge in [-0.25, -0.2) is 8.42 Å². The molecule has 1 amide bonds. The van der Waals surface area contributed by atoms with Crippen LogP contribution < -0.4 is 10.9 Å². The molecular weight excluding hydrogens is 542 g/mol. The number of aromatic nitrogens is 1. The SMILES string of the molecule is O=C(Nc1ccc(S(=O)(=O)N2CC3CC(C2)c2cccc(=O)n2C3)cc1)c1cc(Br)ccc1Cl. The number of rotatable bonds is 4. The van der Waals surface area contributed by atoms with Crippen LogP contribution in [0.3, 0.4) is 0 Å². The van der Waals surface area contributed by atoms with Crippen LogP contribution in [0.2, 0.25) is 5.02 Å². The number of hydrogen-bond donors (Lipinski definition) is 1. The van der Waals surface area contributed by atoms with Crippen LogP contribution in [0.15, 0.2) is 74.8 Å². The fraction of sp³-hybridized carbons (Fsp3) is 0.250. The molecule has 0 saturated carbocycles. The molecule has 0 radical (unpaired) electrons. The van der Waals surface area contributed by atoms with E-state index in [1.165, 1.54) is 16.4 Å². The molecule has 3 heterocycles. The number of fused-ring (bicyclic) bond motifs is 4. The predicted octanol–water partition coefficient (Wildman–Crippen LogP) is 4.32. The van der Waals surface area contributed by atoms with Gasteiger partial charge in [-0.3, -0.25) is 9.59 Å². The van der Waals surface area contributed by atoms with Crippen LogP contribution in [-0.4, -0.2) is 36.3 Å². The van der Waals surface area contributed by atoms with E-state index in [0.29, 0.717) is 35.9 Å². The first-order chi connectivity index (χ1) is 16.2. The summed E-state index contributed by atoms with van der Waals surface area (Å²) in [6.07, 6.45) is 0.874. The van der Waals surface area contributed by atoms with E-state index in [-0.39, 0.29) is 28.2 Å². The molecular formula is C24H21BrClN3O4S. The second-order valence-electron chi connectivity index (χ2n) is 8.62. The molecule has 1 N–H and O–H groups in total. The zero-order valence-electron chi connectivity index (χ0n) is 17.9. The van der Waals surface area contributed by atoms with Gasteiger partial charge in [-0.1, -0.05) is 33.6 Å². The summed E-state index contributed by atoms with van der Waals surface area (Å²) in [5, 5.41) is 3.07. The van der Waals surface area contributed by atoms with Gasteiger partial charge in [0.25, 0.3) is 11.5 Å². The van der Waals surface area contributed by atoms with Crippen molar-refractivity contribution in [1.29, 1.82) is 0 Å². The van der Waals surface area contributed by atoms with E-state index in [0.717, 1.165) is 16.6 Å². The van der Waals surface area contributed by atoms with Gasteiger partial charge in [-0.15, -0.1) is 0 Å². The highest BCUT2D eigenvalue weighted by molar-refractivity contribution is 9.10. The summed E-state index contributed by atoms with van der Waals surface area (Å²) in [5.41, 5.74) is 1.63. The third kappa shape index (κ3) is 4.33. The van der Waals surface area contributed by atoms with Gasteiger partial charge < -0.3 is 9.88 Å². The Labute approximate surface area is 210 Å². The summed E-state index contributed by atoms with van der Waals surface area (Å²) in [6, 6.07) is 16.3. The van der Waals surface area contributed by atoms with Crippen molar-refractivity contribution in [1.82, 2.24) is 8.87 Å². The Balaban J connectivity index is 1.34. The van der Waals surface area contributed by atoms with Crippen molar-refractivity contribution in [2.75, 3.05) is 18.4 Å². The van der Waals surface area contributed by atoms with Crippen LogP contribution in [0, 0.1) is 5.92 Å². The summed E-state index contributed by atoms with van der Waals surface area (Å²) in [5.74, 6) is -0.306. The molecule has 2 atom stereocenters. The highest BCUT2D eigenvalue weighted by atomic mass is 79.9. The monoisotopic (exact) mass is 561 g/mol. The summed E-state index contributed by atoms with van der Waals surface area (Å²) < 4.78 is 30.8. The lowest BCUT2D eigenvalue weighted by molar-refractivity contribution is 0.102. The minimum absolute atomic E-state index is 0.00955. The molecule has 10 heteroatoms. The fourth-order valence-electron chi connectivity index (χ4n) is 4.78. The second kappa shape index (κ2) is 8.96. The topological polar surface area (TPSA) is 88.5 Å². The molecule has 34 heavy (non-hydrogen) atoms. The number of hydrogen-bond acceptors (Lipinski definition) is 4. The van der Waals surface area contributed by atoms with Crippen LogP contribution in [-0.2, 0) is 16.6 Å². The highest BCUT2D eigenvalue weighted by Gasteiger charge is 2.39. The number of carbonyl (C=O) groups excluding carboxylic acids is 1. The molecule has 1 aromatic heterocycles. The molecule has 3 aromatic rings. The number of nitrogens with one attached hydrogen (secondary N) is 1. The predicted molar refractivity (Wildman–Crippen MR) is 134 cm³/mol. The van der Waals surface area contributed by atoms with Crippen LogP contribution >= 0.6 is 27.5 Å². The Morgan fingerprint density at radius 3 is 2.56 bits per heavy atom. The highest BCUT2D eigenvalue weighted by Crippen LogP contribution is 2.37. The number of sulfonamides is 1. The molecule has 176 valence electrons. The molecule has 2 unspecified atom stereocenters. The van der Waals surface area contributed by atoms with Gasteiger partial charge in [0.1, 0.15) is 0 Å². The molecule has 2 bridgehead atoms. The zero-order valence-corrected chi connectivity index (χ0v) is 21.1. The van der Waals surface area contributed by atoms with Gasteiger partial charge >= 0.3 is 0 Å². The van der Waals surface area contributed by atoms with E-state index in [4.69, 9.17) is 11.6 Å². The number of pyridine rings is 1. The maximum atomic E-state index is 13.4. The van der Waals surface area contributed by atoms with Gasteiger partial charge in [0.2, 0.25) is 10.0 Å². The van der Waals surface area contributed by atoms with Crippen molar-refractivity contribution >= 4 is 49.1 Å². The minimum atomic E-state index is -3.72. The molecule has 2 aliphatic heterocycles. The number of anilines is 1. The van der Waals surface area contributed by atoms with Crippen LogP contribution in [0.4, 0.5) is 5.69 Å². The van der Waals surface area contributed by atoms with Crippen LogP contribution in [0.25, 0.3) is 0 Å². The number of carbonyl (C=O) groups is 1. The fourth-order valence-corrected chi connectivity index (χ4v) is 6.90. The summed E-state index contributed by atoms with van der Waals surface area (Å²) in [6.45, 7) is 1.24. The smallest absolute Gasteiger partial charge is 0.257 e. The maximum Gasteiger partial charge on any atom is 0.257 e. The Kier molecular flexibility index (Phi) is 6.14. The number of amides is 1. The van der Waals surface area contributed by atoms with Gasteiger partial charge in [0.15, 0.2) is 0 Å². The quantitative estimate of drug-likeness (QED) is 0.513. The molecule has 0 aliphatic carbocycles. The van der Waals surface area contributed by atoms with Gasteiger partial charge in [-0.05, 0) is 60.9 Å². The zero-order chi connectivity index (χ0) is 24.0. The Hall–Kier alpha value is -2.46. The molecule has 1 saturated heterocycles. The van der Waals surface area contributed by atoms with Gasteiger partial charge in [0, 0.05) is 47.5 Å². The van der Waals surface area contributed by atoms with Crippen LogP contribution in [0.1, 0.15) is 28.4 Å².